The fourth-order valence-electron chi connectivity index (χ4n) is 3.76. The Balaban J connectivity index is 1.68. The van der Waals surface area contributed by atoms with E-state index in [4.69, 9.17) is 5.10 Å². The molecule has 1 aromatic carbocycles. The first-order valence-corrected chi connectivity index (χ1v) is 10.6. The zero-order valence-electron chi connectivity index (χ0n) is 18.5. The van der Waals surface area contributed by atoms with Gasteiger partial charge in [0, 0.05) is 24.6 Å². The number of para-hydroxylation sites is 1. The van der Waals surface area contributed by atoms with Gasteiger partial charge in [-0.3, -0.25) is 9.69 Å². The van der Waals surface area contributed by atoms with Crippen LogP contribution in [0.3, 0.4) is 0 Å². The van der Waals surface area contributed by atoms with Crippen LogP contribution in [0.25, 0.3) is 5.69 Å². The number of carbonyl (C=O) groups excluding carboxylic acids is 1. The van der Waals surface area contributed by atoms with Crippen LogP contribution >= 0.6 is 0 Å². The molecule has 2 heterocycles. The van der Waals surface area contributed by atoms with Crippen LogP contribution in [-0.4, -0.2) is 65.3 Å². The number of carbonyl (C=O) groups is 1. The SMILES string of the molecule is CCN(C)CC1CCN(CC(=O)Nc2cc(C(C)(C)C)nn2-c2ccccc2)C1. The summed E-state index contributed by atoms with van der Waals surface area (Å²) in [6, 6.07) is 12.0. The van der Waals surface area contributed by atoms with Crippen molar-refractivity contribution >= 4 is 11.7 Å². The molecule has 1 aromatic heterocycles. The van der Waals surface area contributed by atoms with Gasteiger partial charge in [0.2, 0.25) is 5.91 Å². The molecule has 2 aromatic rings. The second-order valence-electron chi connectivity index (χ2n) is 9.21. The lowest BCUT2D eigenvalue weighted by atomic mass is 9.92. The molecule has 3 rings (SSSR count). The number of benzene rings is 1. The fraction of sp³-hybridized carbons (Fsp3) is 0.565. The number of rotatable bonds is 7. The molecule has 1 N–H and O–H groups in total. The van der Waals surface area contributed by atoms with Crippen molar-refractivity contribution in [1.29, 1.82) is 0 Å². The Morgan fingerprint density at radius 2 is 2.00 bits per heavy atom. The zero-order valence-corrected chi connectivity index (χ0v) is 18.5. The predicted octanol–water partition coefficient (Wildman–Crippen LogP) is 3.38. The summed E-state index contributed by atoms with van der Waals surface area (Å²) >= 11 is 0. The van der Waals surface area contributed by atoms with Crippen molar-refractivity contribution in [3.63, 3.8) is 0 Å². The highest BCUT2D eigenvalue weighted by Gasteiger charge is 2.26. The van der Waals surface area contributed by atoms with E-state index in [1.165, 1.54) is 0 Å². The van der Waals surface area contributed by atoms with Gasteiger partial charge in [0.25, 0.3) is 0 Å². The first-order chi connectivity index (χ1) is 13.8. The van der Waals surface area contributed by atoms with Gasteiger partial charge in [-0.25, -0.2) is 4.68 Å². The molecule has 1 amide bonds. The van der Waals surface area contributed by atoms with Crippen molar-refractivity contribution < 1.29 is 4.79 Å². The highest BCUT2D eigenvalue weighted by molar-refractivity contribution is 5.91. The van der Waals surface area contributed by atoms with Gasteiger partial charge in [-0.2, -0.15) is 5.10 Å². The maximum absolute atomic E-state index is 12.8. The van der Waals surface area contributed by atoms with E-state index in [1.54, 1.807) is 0 Å². The summed E-state index contributed by atoms with van der Waals surface area (Å²) in [7, 11) is 2.16. The zero-order chi connectivity index (χ0) is 21.0. The lowest BCUT2D eigenvalue weighted by Gasteiger charge is -2.20. The number of likely N-dealkylation sites (tertiary alicyclic amines) is 1. The average molecular weight is 398 g/mol. The minimum Gasteiger partial charge on any atom is -0.309 e. The van der Waals surface area contributed by atoms with Crippen LogP contribution in [0.4, 0.5) is 5.82 Å². The number of hydrogen-bond acceptors (Lipinski definition) is 4. The third kappa shape index (κ3) is 5.67. The van der Waals surface area contributed by atoms with Crippen molar-refractivity contribution in [1.82, 2.24) is 19.6 Å². The van der Waals surface area contributed by atoms with Gasteiger partial charge in [-0.1, -0.05) is 45.9 Å². The summed E-state index contributed by atoms with van der Waals surface area (Å²) in [5.41, 5.74) is 1.81. The largest absolute Gasteiger partial charge is 0.309 e. The molecule has 6 nitrogen and oxygen atoms in total. The maximum Gasteiger partial charge on any atom is 0.239 e. The normalized spacial score (nSPS) is 17.8. The molecule has 158 valence electrons. The number of hydrogen-bond donors (Lipinski definition) is 1. The second-order valence-corrected chi connectivity index (χ2v) is 9.21. The number of nitrogens with zero attached hydrogens (tertiary/aromatic N) is 4. The molecular formula is C23H35N5O. The summed E-state index contributed by atoms with van der Waals surface area (Å²) in [5.74, 6) is 1.40. The van der Waals surface area contributed by atoms with E-state index in [0.29, 0.717) is 12.5 Å². The monoisotopic (exact) mass is 397 g/mol. The highest BCUT2D eigenvalue weighted by atomic mass is 16.2. The third-order valence-corrected chi connectivity index (χ3v) is 5.59. The first-order valence-electron chi connectivity index (χ1n) is 10.6. The molecule has 1 fully saturated rings. The molecule has 1 aliphatic rings. The average Bonchev–Trinajstić information content (AvgIpc) is 3.29. The maximum atomic E-state index is 12.8. The van der Waals surface area contributed by atoms with Crippen LogP contribution in [0, 0.1) is 5.92 Å². The van der Waals surface area contributed by atoms with Gasteiger partial charge in [-0.15, -0.1) is 0 Å². The molecule has 0 saturated carbocycles. The minimum absolute atomic E-state index is 0.0204. The van der Waals surface area contributed by atoms with Gasteiger partial charge in [0.15, 0.2) is 0 Å². The molecular weight excluding hydrogens is 362 g/mol. The Bertz CT molecular complexity index is 808. The molecule has 1 aliphatic heterocycles. The van der Waals surface area contributed by atoms with Crippen molar-refractivity contribution in [2.24, 2.45) is 5.92 Å². The number of anilines is 1. The Kier molecular flexibility index (Phi) is 6.75. The third-order valence-electron chi connectivity index (χ3n) is 5.59. The van der Waals surface area contributed by atoms with Crippen molar-refractivity contribution in [3.8, 4) is 5.69 Å². The molecule has 1 unspecified atom stereocenters. The van der Waals surface area contributed by atoms with Gasteiger partial charge < -0.3 is 10.2 Å². The topological polar surface area (TPSA) is 53.4 Å². The first kappa shape index (κ1) is 21.5. The molecule has 0 spiro atoms. The molecule has 6 heteroatoms. The second kappa shape index (κ2) is 9.09. The van der Waals surface area contributed by atoms with Crippen molar-refractivity contribution in [2.45, 2.75) is 39.5 Å². The van der Waals surface area contributed by atoms with E-state index in [1.807, 2.05) is 41.1 Å². The standard InChI is InChI=1S/C23H35N5O/c1-6-26(5)15-18-12-13-27(16-18)17-22(29)24-21-14-20(23(2,3)4)25-28(21)19-10-8-7-9-11-19/h7-11,14,18H,6,12-13,15-17H2,1-5H3,(H,24,29). The summed E-state index contributed by atoms with van der Waals surface area (Å²) in [6.45, 7) is 13.2. The number of aromatic nitrogens is 2. The van der Waals surface area contributed by atoms with Gasteiger partial charge >= 0.3 is 0 Å². The van der Waals surface area contributed by atoms with Gasteiger partial charge in [0.05, 0.1) is 17.9 Å². The smallest absolute Gasteiger partial charge is 0.239 e. The molecule has 29 heavy (non-hydrogen) atoms. The van der Waals surface area contributed by atoms with Crippen LogP contribution in [-0.2, 0) is 10.2 Å². The van der Waals surface area contributed by atoms with E-state index in [2.05, 4.69) is 49.9 Å². The van der Waals surface area contributed by atoms with E-state index < -0.39 is 0 Å². The van der Waals surface area contributed by atoms with Crippen LogP contribution in [0.15, 0.2) is 36.4 Å². The molecule has 1 atom stereocenters. The van der Waals surface area contributed by atoms with Crippen LogP contribution in [0.1, 0.15) is 39.8 Å². The van der Waals surface area contributed by atoms with E-state index >= 15 is 0 Å². The lowest BCUT2D eigenvalue weighted by molar-refractivity contribution is -0.117. The lowest BCUT2D eigenvalue weighted by Crippen LogP contribution is -2.33. The van der Waals surface area contributed by atoms with E-state index in [0.717, 1.165) is 49.8 Å². The Morgan fingerprint density at radius 1 is 1.28 bits per heavy atom. The van der Waals surface area contributed by atoms with Crippen molar-refractivity contribution in [2.75, 3.05) is 45.1 Å². The van der Waals surface area contributed by atoms with Gasteiger partial charge in [0.1, 0.15) is 5.82 Å². The fourth-order valence-corrected chi connectivity index (χ4v) is 3.76. The van der Waals surface area contributed by atoms with Crippen LogP contribution in [0.5, 0.6) is 0 Å². The van der Waals surface area contributed by atoms with Crippen LogP contribution < -0.4 is 5.32 Å². The summed E-state index contributed by atoms with van der Waals surface area (Å²) in [4.78, 5) is 17.4. The summed E-state index contributed by atoms with van der Waals surface area (Å²) in [6.07, 6.45) is 1.16. The Hall–Kier alpha value is -2.18. The van der Waals surface area contributed by atoms with E-state index in [-0.39, 0.29) is 11.3 Å². The molecule has 0 radical (unpaired) electrons. The Labute approximate surface area is 174 Å². The highest BCUT2D eigenvalue weighted by Crippen LogP contribution is 2.26. The molecule has 1 saturated heterocycles. The van der Waals surface area contributed by atoms with Gasteiger partial charge in [-0.05, 0) is 44.6 Å². The quantitative estimate of drug-likeness (QED) is 0.778. The summed E-state index contributed by atoms with van der Waals surface area (Å²) in [5, 5.41) is 7.88. The minimum atomic E-state index is -0.0903. The molecule has 0 bridgehead atoms. The summed E-state index contributed by atoms with van der Waals surface area (Å²) < 4.78 is 1.83. The number of nitrogens with one attached hydrogen (secondary N) is 1. The number of amides is 1. The Morgan fingerprint density at radius 3 is 2.66 bits per heavy atom. The van der Waals surface area contributed by atoms with Crippen molar-refractivity contribution in [3.05, 3.63) is 42.1 Å². The van der Waals surface area contributed by atoms with E-state index in [9.17, 15) is 4.79 Å². The van der Waals surface area contributed by atoms with Crippen LogP contribution in [0.2, 0.25) is 0 Å². The molecule has 0 aliphatic carbocycles. The predicted molar refractivity (Wildman–Crippen MR) is 119 cm³/mol.